The fourth-order valence-corrected chi connectivity index (χ4v) is 3.99. The minimum Gasteiger partial charge on any atom is -0.367 e. The first-order valence-corrected chi connectivity index (χ1v) is 9.88. The molecule has 1 amide bonds. The van der Waals surface area contributed by atoms with Crippen molar-refractivity contribution < 1.29 is 4.79 Å². The number of nitrogens with zero attached hydrogens (tertiary/aromatic N) is 2. The third-order valence-electron chi connectivity index (χ3n) is 5.59. The molecule has 2 aliphatic rings. The van der Waals surface area contributed by atoms with Crippen molar-refractivity contribution in [2.75, 3.05) is 29.4 Å². The third-order valence-corrected chi connectivity index (χ3v) is 5.59. The van der Waals surface area contributed by atoms with Crippen LogP contribution in [-0.2, 0) is 11.3 Å². The Balaban J connectivity index is 1.44. The van der Waals surface area contributed by atoms with Crippen molar-refractivity contribution in [3.8, 4) is 0 Å². The van der Waals surface area contributed by atoms with E-state index in [2.05, 4.69) is 59.5 Å². The van der Waals surface area contributed by atoms with Crippen LogP contribution < -0.4 is 15.5 Å². The molecule has 27 heavy (non-hydrogen) atoms. The maximum absolute atomic E-state index is 12.1. The average molecular weight is 361 g/mol. The summed E-state index contributed by atoms with van der Waals surface area (Å²) in [6.07, 6.45) is 6.14. The van der Waals surface area contributed by atoms with Gasteiger partial charge >= 0.3 is 0 Å². The number of amides is 1. The SMILES string of the molecule is NCc1cccc(C2=CCN(c3ccc(N4CCCCC4=O)cc3)CC2)c1. The summed E-state index contributed by atoms with van der Waals surface area (Å²) in [5, 5.41) is 0. The lowest BCUT2D eigenvalue weighted by Gasteiger charge is -2.30. The molecule has 0 radical (unpaired) electrons. The van der Waals surface area contributed by atoms with Crippen LogP contribution in [-0.4, -0.2) is 25.5 Å². The summed E-state index contributed by atoms with van der Waals surface area (Å²) in [7, 11) is 0. The second-order valence-electron chi connectivity index (χ2n) is 7.35. The second kappa shape index (κ2) is 7.97. The van der Waals surface area contributed by atoms with Gasteiger partial charge in [-0.05, 0) is 60.2 Å². The van der Waals surface area contributed by atoms with Crippen LogP contribution in [0, 0.1) is 0 Å². The van der Waals surface area contributed by atoms with E-state index in [1.54, 1.807) is 0 Å². The Hall–Kier alpha value is -2.59. The molecule has 0 atom stereocenters. The zero-order valence-electron chi connectivity index (χ0n) is 15.7. The number of hydrogen-bond donors (Lipinski definition) is 1. The molecule has 2 aromatic carbocycles. The van der Waals surface area contributed by atoms with Gasteiger partial charge < -0.3 is 15.5 Å². The van der Waals surface area contributed by atoms with Gasteiger partial charge in [0.1, 0.15) is 0 Å². The highest BCUT2D eigenvalue weighted by molar-refractivity contribution is 5.94. The van der Waals surface area contributed by atoms with Crippen LogP contribution in [0.25, 0.3) is 5.57 Å². The number of hydrogen-bond acceptors (Lipinski definition) is 3. The van der Waals surface area contributed by atoms with E-state index in [0.717, 1.165) is 44.6 Å². The summed E-state index contributed by atoms with van der Waals surface area (Å²) in [5.41, 5.74) is 11.9. The third kappa shape index (κ3) is 3.91. The van der Waals surface area contributed by atoms with Crippen molar-refractivity contribution in [1.82, 2.24) is 0 Å². The summed E-state index contributed by atoms with van der Waals surface area (Å²) in [4.78, 5) is 16.4. The first-order chi connectivity index (χ1) is 13.2. The lowest BCUT2D eigenvalue weighted by molar-refractivity contribution is -0.119. The van der Waals surface area contributed by atoms with Crippen LogP contribution in [0.5, 0.6) is 0 Å². The van der Waals surface area contributed by atoms with Crippen molar-refractivity contribution in [2.24, 2.45) is 5.73 Å². The van der Waals surface area contributed by atoms with E-state index < -0.39 is 0 Å². The molecule has 4 heteroatoms. The van der Waals surface area contributed by atoms with Crippen molar-refractivity contribution in [1.29, 1.82) is 0 Å². The van der Waals surface area contributed by atoms with E-state index in [1.807, 2.05) is 4.90 Å². The van der Waals surface area contributed by atoms with Gasteiger partial charge in [-0.3, -0.25) is 4.79 Å². The Morgan fingerprint density at radius 3 is 2.44 bits per heavy atom. The number of carbonyl (C=O) groups excluding carboxylic acids is 1. The van der Waals surface area contributed by atoms with Gasteiger partial charge in [0.25, 0.3) is 0 Å². The lowest BCUT2D eigenvalue weighted by Crippen LogP contribution is -2.35. The topological polar surface area (TPSA) is 49.6 Å². The van der Waals surface area contributed by atoms with Crippen LogP contribution in [0.4, 0.5) is 11.4 Å². The molecule has 2 aliphatic heterocycles. The van der Waals surface area contributed by atoms with Crippen molar-refractivity contribution in [2.45, 2.75) is 32.2 Å². The van der Waals surface area contributed by atoms with E-state index in [1.165, 1.54) is 22.4 Å². The monoisotopic (exact) mass is 361 g/mol. The molecule has 4 nitrogen and oxygen atoms in total. The van der Waals surface area contributed by atoms with Gasteiger partial charge in [0.2, 0.25) is 5.91 Å². The predicted molar refractivity (Wildman–Crippen MR) is 112 cm³/mol. The first-order valence-electron chi connectivity index (χ1n) is 9.88. The van der Waals surface area contributed by atoms with Crippen LogP contribution in [0.3, 0.4) is 0 Å². The molecule has 4 rings (SSSR count). The Bertz CT molecular complexity index is 841. The van der Waals surface area contributed by atoms with E-state index in [-0.39, 0.29) is 5.91 Å². The highest BCUT2D eigenvalue weighted by atomic mass is 16.2. The second-order valence-corrected chi connectivity index (χ2v) is 7.35. The quantitative estimate of drug-likeness (QED) is 0.897. The number of rotatable bonds is 4. The number of anilines is 2. The van der Waals surface area contributed by atoms with Crippen molar-refractivity contribution in [3.63, 3.8) is 0 Å². The molecule has 0 aliphatic carbocycles. The lowest BCUT2D eigenvalue weighted by atomic mass is 9.97. The molecule has 0 unspecified atom stereocenters. The van der Waals surface area contributed by atoms with Gasteiger partial charge in [0.05, 0.1) is 0 Å². The van der Waals surface area contributed by atoms with Crippen LogP contribution in [0.1, 0.15) is 36.8 Å². The minimum absolute atomic E-state index is 0.249. The maximum Gasteiger partial charge on any atom is 0.226 e. The van der Waals surface area contributed by atoms with Crippen LogP contribution in [0.2, 0.25) is 0 Å². The van der Waals surface area contributed by atoms with E-state index in [4.69, 9.17) is 5.73 Å². The smallest absolute Gasteiger partial charge is 0.226 e. The molecule has 0 spiro atoms. The Morgan fingerprint density at radius 2 is 1.74 bits per heavy atom. The highest BCUT2D eigenvalue weighted by Crippen LogP contribution is 2.28. The average Bonchev–Trinajstić information content (AvgIpc) is 2.74. The van der Waals surface area contributed by atoms with Gasteiger partial charge in [-0.2, -0.15) is 0 Å². The minimum atomic E-state index is 0.249. The molecule has 2 heterocycles. The van der Waals surface area contributed by atoms with Gasteiger partial charge in [0.15, 0.2) is 0 Å². The fraction of sp³-hybridized carbons (Fsp3) is 0.348. The highest BCUT2D eigenvalue weighted by Gasteiger charge is 2.20. The van der Waals surface area contributed by atoms with E-state index in [9.17, 15) is 4.79 Å². The van der Waals surface area contributed by atoms with Gasteiger partial charge in [-0.1, -0.05) is 30.3 Å². The predicted octanol–water partition coefficient (Wildman–Crippen LogP) is 3.96. The van der Waals surface area contributed by atoms with Crippen LogP contribution >= 0.6 is 0 Å². The molecular formula is C23H27N3O. The number of carbonyl (C=O) groups is 1. The largest absolute Gasteiger partial charge is 0.367 e. The molecule has 140 valence electrons. The maximum atomic E-state index is 12.1. The standard InChI is InChI=1S/C23H27N3O/c24-17-18-4-3-5-20(16-18)19-11-14-25(15-12-19)21-7-9-22(10-8-21)26-13-2-1-6-23(26)27/h3-5,7-11,16H,1-2,6,12-15,17,24H2. The van der Waals surface area contributed by atoms with E-state index in [0.29, 0.717) is 13.0 Å². The number of nitrogens with two attached hydrogens (primary N) is 1. The molecule has 1 fully saturated rings. The summed E-state index contributed by atoms with van der Waals surface area (Å²) in [5.74, 6) is 0.249. The fourth-order valence-electron chi connectivity index (χ4n) is 3.99. The van der Waals surface area contributed by atoms with Gasteiger partial charge in [-0.15, -0.1) is 0 Å². The Kier molecular flexibility index (Phi) is 5.26. The zero-order chi connectivity index (χ0) is 18.6. The molecule has 0 bridgehead atoms. The summed E-state index contributed by atoms with van der Waals surface area (Å²) in [6, 6.07) is 17.0. The normalized spacial score (nSPS) is 17.8. The Labute approximate surface area is 161 Å². The van der Waals surface area contributed by atoms with Gasteiger partial charge in [0, 0.05) is 44.0 Å². The molecular weight excluding hydrogens is 334 g/mol. The summed E-state index contributed by atoms with van der Waals surface area (Å²) >= 11 is 0. The number of benzene rings is 2. The molecule has 2 N–H and O–H groups in total. The molecule has 1 saturated heterocycles. The van der Waals surface area contributed by atoms with E-state index >= 15 is 0 Å². The Morgan fingerprint density at radius 1 is 0.926 bits per heavy atom. The van der Waals surface area contributed by atoms with Crippen molar-refractivity contribution >= 4 is 22.9 Å². The van der Waals surface area contributed by atoms with Crippen LogP contribution in [0.15, 0.2) is 54.6 Å². The van der Waals surface area contributed by atoms with Gasteiger partial charge in [-0.25, -0.2) is 0 Å². The molecule has 0 saturated carbocycles. The zero-order valence-corrected chi connectivity index (χ0v) is 15.7. The first kappa shape index (κ1) is 17.8. The van der Waals surface area contributed by atoms with Crippen molar-refractivity contribution in [3.05, 3.63) is 65.7 Å². The molecule has 2 aromatic rings. The summed E-state index contributed by atoms with van der Waals surface area (Å²) < 4.78 is 0. The summed E-state index contributed by atoms with van der Waals surface area (Å²) in [6.45, 7) is 3.33. The number of piperidine rings is 1. The molecule has 0 aromatic heterocycles.